The number of β-amino-alcohol motifs (C(OH)–C–C–N with tert-alkyl or cyclic N) is 1. The summed E-state index contributed by atoms with van der Waals surface area (Å²) in [5.74, 6) is 2.42. The average molecular weight is 1040 g/mol. The second-order valence-electron chi connectivity index (χ2n) is 28.8. The number of phenolic OH excluding ortho intramolecular Hbond substituents is 1. The van der Waals surface area contributed by atoms with E-state index in [9.17, 15) is 20.4 Å². The minimum atomic E-state index is -0.909. The summed E-state index contributed by atoms with van der Waals surface area (Å²) in [6.07, 6.45) is 20.6. The van der Waals surface area contributed by atoms with Gasteiger partial charge in [-0.05, 0) is 227 Å². The first-order valence-electron chi connectivity index (χ1n) is 31.1. The van der Waals surface area contributed by atoms with Gasteiger partial charge in [0.05, 0.1) is 17.3 Å². The Morgan fingerprint density at radius 2 is 1.59 bits per heavy atom. The largest absolute Gasteiger partial charge is 0.508 e. The zero-order valence-electron chi connectivity index (χ0n) is 46.6. The van der Waals surface area contributed by atoms with Crippen molar-refractivity contribution in [1.82, 2.24) is 10.6 Å². The molecule has 2 aromatic rings. The fraction of sp³-hybridized carbons (Fsp3) is 0.758. The van der Waals surface area contributed by atoms with Crippen molar-refractivity contribution < 1.29 is 34.8 Å². The molecule has 9 fully saturated rings. The summed E-state index contributed by atoms with van der Waals surface area (Å²) >= 11 is 0. The molecular formula is C66H93N3O7. The van der Waals surface area contributed by atoms with E-state index >= 15 is 9.59 Å². The molecule has 20 atom stereocenters. The van der Waals surface area contributed by atoms with Crippen LogP contribution in [0, 0.1) is 74.9 Å². The number of ether oxygens (including phenoxy) is 1. The number of aliphatic hydroxyl groups is 3. The SMILES string of the molecule is CNCc1cc(O)cc([C@@H]2C[C@@]34CCCC[C@]5(CCCC[C@@](C)(O)CN[C@H](C[C@@]67[C@H](CO)CC[C@@H]8CCC[C@H]9CC[C@@H]([C@@H](O)[C@H]%10O[C@]%10(C)[C@@H]%10CCC[C@H]%10c%10cccc(N)c%10)[C@H](C%10=C(CC[C@H]36)[C@]7(C)CC%10=O)[C@H]98)[C@@H]54)C2=O)c1. The fourth-order valence-corrected chi connectivity index (χ4v) is 22.8. The molecule has 13 rings (SSSR count). The van der Waals surface area contributed by atoms with Gasteiger partial charge in [0.15, 0.2) is 5.78 Å². The number of carbonyl (C=O) groups is 2. The quantitative estimate of drug-likeness (QED) is 0.0995. The van der Waals surface area contributed by atoms with E-state index in [-0.39, 0.29) is 71.3 Å². The van der Waals surface area contributed by atoms with Crippen LogP contribution in [0.3, 0.4) is 0 Å². The Hall–Kier alpha value is -3.12. The van der Waals surface area contributed by atoms with Crippen molar-refractivity contribution in [2.75, 3.05) is 25.9 Å². The number of nitrogens with one attached hydrogen (secondary N) is 2. The van der Waals surface area contributed by atoms with Crippen molar-refractivity contribution in [3.05, 3.63) is 70.3 Å². The lowest BCUT2D eigenvalue weighted by molar-refractivity contribution is -0.233. The number of carbonyl (C=O) groups excluding carboxylic acids is 2. The van der Waals surface area contributed by atoms with Gasteiger partial charge < -0.3 is 41.5 Å². The van der Waals surface area contributed by atoms with Gasteiger partial charge >= 0.3 is 0 Å². The predicted octanol–water partition coefficient (Wildman–Crippen LogP) is 10.8. The van der Waals surface area contributed by atoms with Crippen LogP contribution in [-0.2, 0) is 20.9 Å². The van der Waals surface area contributed by atoms with E-state index < -0.39 is 33.6 Å². The second-order valence-corrected chi connectivity index (χ2v) is 28.8. The minimum Gasteiger partial charge on any atom is -0.508 e. The lowest BCUT2D eigenvalue weighted by atomic mass is 9.30. The molecule has 8 N–H and O–H groups in total. The number of allylic oxidation sites excluding steroid dienone is 2. The number of hydrogen-bond acceptors (Lipinski definition) is 10. The molecule has 2 saturated heterocycles. The number of aromatic hydroxyl groups is 1. The molecule has 0 unspecified atom stereocenters. The molecule has 76 heavy (non-hydrogen) atoms. The molecule has 0 aromatic heterocycles. The van der Waals surface area contributed by atoms with Gasteiger partial charge in [0.1, 0.15) is 17.6 Å². The number of Topliss-reactive ketones (excluding diaryl/α,β-unsaturated/α-hetero) is 2. The summed E-state index contributed by atoms with van der Waals surface area (Å²) in [4.78, 5) is 32.4. The monoisotopic (exact) mass is 1040 g/mol. The topological polar surface area (TPSA) is 178 Å². The molecular weight excluding hydrogens is 947 g/mol. The van der Waals surface area contributed by atoms with Crippen LogP contribution < -0.4 is 16.4 Å². The van der Waals surface area contributed by atoms with E-state index in [2.05, 4.69) is 48.7 Å². The molecule has 414 valence electrons. The summed E-state index contributed by atoms with van der Waals surface area (Å²) in [6, 6.07) is 14.2. The van der Waals surface area contributed by atoms with Crippen molar-refractivity contribution in [3.8, 4) is 5.75 Å². The van der Waals surface area contributed by atoms with E-state index in [1.165, 1.54) is 24.0 Å². The number of hydrogen-bond donors (Lipinski definition) is 7. The summed E-state index contributed by atoms with van der Waals surface area (Å²) in [5, 5.41) is 56.7. The molecule has 2 aliphatic heterocycles. The molecule has 1 spiro atoms. The third-order valence-electron chi connectivity index (χ3n) is 25.4. The van der Waals surface area contributed by atoms with Crippen molar-refractivity contribution in [3.63, 3.8) is 0 Å². The highest BCUT2D eigenvalue weighted by Crippen LogP contribution is 2.80. The van der Waals surface area contributed by atoms with Crippen LogP contribution >= 0.6 is 0 Å². The zero-order valence-corrected chi connectivity index (χ0v) is 46.6. The van der Waals surface area contributed by atoms with Gasteiger partial charge in [0.2, 0.25) is 0 Å². The van der Waals surface area contributed by atoms with E-state index in [0.29, 0.717) is 67.6 Å². The normalized spacial score (nSPS) is 47.2. The number of nitrogen functional groups attached to an aromatic ring is 1. The first-order valence-corrected chi connectivity index (χ1v) is 31.1. The van der Waals surface area contributed by atoms with Gasteiger partial charge in [-0.3, -0.25) is 9.59 Å². The van der Waals surface area contributed by atoms with Gasteiger partial charge in [-0.1, -0.05) is 82.1 Å². The average Bonchev–Trinajstić information content (AvgIpc) is 3.73. The highest BCUT2D eigenvalue weighted by atomic mass is 16.6. The zero-order chi connectivity index (χ0) is 52.7. The highest BCUT2D eigenvalue weighted by molar-refractivity contribution is 6.01. The van der Waals surface area contributed by atoms with Crippen molar-refractivity contribution in [1.29, 1.82) is 0 Å². The number of anilines is 1. The molecule has 10 nitrogen and oxygen atoms in total. The van der Waals surface area contributed by atoms with Gasteiger partial charge in [-0.2, -0.15) is 0 Å². The van der Waals surface area contributed by atoms with Gasteiger partial charge in [0, 0.05) is 54.6 Å². The molecule has 0 amide bonds. The first kappa shape index (κ1) is 52.3. The number of phenols is 1. The van der Waals surface area contributed by atoms with Crippen LogP contribution in [0.25, 0.3) is 0 Å². The standard InChI is InChI=1S/C66H93N3O7/c1-61(75)24-5-6-25-64-26-7-8-27-65(32-48(59(64)74)42-28-38(35-68-4)29-45(71)31-42)53-23-22-50-56-52(72)34-62(50,2)66(53,33-51(58(64)65)69-37-61)43(36-70)20-18-39-12-9-13-40-19-21-47(55(56)54(39)40)57(73)60-63(3,76-60)49-17-11-16-46(49)41-14-10-15-44(67)30-41/h10,14-15,28-31,39-40,43,46-49,51,53-55,57-58,60,68-71,73,75H,5-9,11-13,16-27,32-37,67H2,1-4H3/t39-,40-,43-,46-,47+,48-,49+,51+,53+,54-,55-,57+,58-,60+,61+,62-,63+,64-,65-,66+/m0/s1. The van der Waals surface area contributed by atoms with Crippen molar-refractivity contribution in [2.45, 2.75) is 216 Å². The first-order chi connectivity index (χ1) is 36.5. The molecule has 2 heterocycles. The molecule has 0 radical (unpaired) electrons. The van der Waals surface area contributed by atoms with E-state index in [0.717, 1.165) is 138 Å². The van der Waals surface area contributed by atoms with E-state index in [1.54, 1.807) is 0 Å². The Kier molecular flexibility index (Phi) is 13.1. The van der Waals surface area contributed by atoms with Gasteiger partial charge in [0.25, 0.3) is 0 Å². The van der Waals surface area contributed by atoms with Crippen molar-refractivity contribution in [2.24, 2.45) is 74.9 Å². The summed E-state index contributed by atoms with van der Waals surface area (Å²) in [6.45, 7) is 7.86. The molecule has 6 bridgehead atoms. The van der Waals surface area contributed by atoms with E-state index in [4.69, 9.17) is 10.5 Å². The number of benzene rings is 2. The number of rotatable bonds is 8. The maximum absolute atomic E-state index is 16.2. The Balaban J connectivity index is 0.960. The number of aliphatic hydroxyl groups excluding tert-OH is 2. The number of nitrogens with two attached hydrogens (primary N) is 1. The Morgan fingerprint density at radius 1 is 0.842 bits per heavy atom. The van der Waals surface area contributed by atoms with Crippen LogP contribution in [0.1, 0.15) is 197 Å². The molecule has 2 aromatic carbocycles. The third-order valence-corrected chi connectivity index (χ3v) is 25.4. The molecule has 10 heteroatoms. The molecule has 7 saturated carbocycles. The van der Waals surface area contributed by atoms with Gasteiger partial charge in [-0.25, -0.2) is 0 Å². The molecule has 11 aliphatic rings. The Bertz CT molecular complexity index is 2630. The lowest BCUT2D eigenvalue weighted by Crippen LogP contribution is -2.73. The van der Waals surface area contributed by atoms with Crippen LogP contribution in [0.15, 0.2) is 53.6 Å². The summed E-state index contributed by atoms with van der Waals surface area (Å²) in [5.41, 5.74) is 9.57. The van der Waals surface area contributed by atoms with Crippen LogP contribution in [0.2, 0.25) is 0 Å². The minimum absolute atomic E-state index is 0.0273. The second kappa shape index (κ2) is 19.0. The number of ketones is 2. The highest BCUT2D eigenvalue weighted by Gasteiger charge is 2.77. The maximum atomic E-state index is 16.2. The van der Waals surface area contributed by atoms with E-state index in [1.807, 2.05) is 32.2 Å². The smallest absolute Gasteiger partial charge is 0.160 e. The lowest BCUT2D eigenvalue weighted by Gasteiger charge is -2.74. The Labute approximate surface area is 453 Å². The third kappa shape index (κ3) is 7.71. The number of fused-ring (bicyclic) bond motifs is 1. The van der Waals surface area contributed by atoms with Crippen molar-refractivity contribution >= 4 is 17.3 Å². The fourth-order valence-electron chi connectivity index (χ4n) is 22.8. The van der Waals surface area contributed by atoms with Crippen LogP contribution in [-0.4, -0.2) is 81.6 Å². The Morgan fingerprint density at radius 3 is 2.36 bits per heavy atom. The molecule has 9 aliphatic carbocycles. The van der Waals surface area contributed by atoms with Crippen LogP contribution in [0.4, 0.5) is 5.69 Å². The number of epoxide rings is 1. The maximum Gasteiger partial charge on any atom is 0.160 e. The summed E-state index contributed by atoms with van der Waals surface area (Å²) in [7, 11) is 1.93. The van der Waals surface area contributed by atoms with Crippen LogP contribution in [0.5, 0.6) is 5.75 Å². The van der Waals surface area contributed by atoms with Gasteiger partial charge in [-0.15, -0.1) is 0 Å². The predicted molar refractivity (Wildman–Crippen MR) is 296 cm³/mol. The summed E-state index contributed by atoms with van der Waals surface area (Å²) < 4.78 is 6.95.